The molecule has 2 aromatic rings. The number of carbonyl (C=O) groups excluding carboxylic acids is 2. The van der Waals surface area contributed by atoms with Crippen LogP contribution in [0, 0.1) is 5.92 Å². The number of benzene rings is 2. The second kappa shape index (κ2) is 9.91. The number of carbonyl (C=O) groups is 2. The van der Waals surface area contributed by atoms with Gasteiger partial charge in [-0.25, -0.2) is 0 Å². The van der Waals surface area contributed by atoms with Crippen LogP contribution in [0.5, 0.6) is 0 Å². The summed E-state index contributed by atoms with van der Waals surface area (Å²) in [7, 11) is 0. The Hall–Kier alpha value is -2.62. The van der Waals surface area contributed by atoms with Gasteiger partial charge in [-0.3, -0.25) is 9.59 Å². The van der Waals surface area contributed by atoms with E-state index in [0.717, 1.165) is 16.8 Å². The van der Waals surface area contributed by atoms with Gasteiger partial charge in [-0.05, 0) is 43.0 Å². The van der Waals surface area contributed by atoms with Crippen LogP contribution in [0.15, 0.2) is 54.6 Å². The van der Waals surface area contributed by atoms with Crippen LogP contribution >= 0.6 is 0 Å². The zero-order valence-electron chi connectivity index (χ0n) is 16.7. The molecule has 0 fully saturated rings. The topological polar surface area (TPSA) is 49.4 Å². The average molecular weight is 367 g/mol. The smallest absolute Gasteiger partial charge is 0.227 e. The molecule has 0 bridgehead atoms. The van der Waals surface area contributed by atoms with E-state index in [-0.39, 0.29) is 17.9 Å². The zero-order valence-corrected chi connectivity index (χ0v) is 16.7. The van der Waals surface area contributed by atoms with Gasteiger partial charge in [0.05, 0.1) is 13.0 Å². The molecule has 0 radical (unpaired) electrons. The molecule has 4 nitrogen and oxygen atoms in total. The Morgan fingerprint density at radius 3 is 2.07 bits per heavy atom. The molecule has 1 N–H and O–H groups in total. The molecule has 4 heteroatoms. The first-order chi connectivity index (χ1) is 12.8. The van der Waals surface area contributed by atoms with Crippen LogP contribution in [0.4, 0.5) is 5.69 Å². The Labute approximate surface area is 162 Å². The van der Waals surface area contributed by atoms with Crippen LogP contribution in [-0.4, -0.2) is 17.9 Å². The van der Waals surface area contributed by atoms with Gasteiger partial charge in [0.15, 0.2) is 0 Å². The minimum atomic E-state index is 0.00905. The summed E-state index contributed by atoms with van der Waals surface area (Å²) < 4.78 is 0. The van der Waals surface area contributed by atoms with Gasteiger partial charge in [0.1, 0.15) is 0 Å². The lowest BCUT2D eigenvalue weighted by Gasteiger charge is -2.24. The molecule has 0 heterocycles. The fraction of sp³-hybridized carbons (Fsp3) is 0.391. The third-order valence-electron chi connectivity index (χ3n) is 4.13. The molecule has 27 heavy (non-hydrogen) atoms. The summed E-state index contributed by atoms with van der Waals surface area (Å²) in [5.41, 5.74) is 2.89. The van der Waals surface area contributed by atoms with Gasteiger partial charge in [-0.1, -0.05) is 56.3 Å². The number of hydrogen-bond acceptors (Lipinski definition) is 2. The van der Waals surface area contributed by atoms with E-state index in [4.69, 9.17) is 0 Å². The van der Waals surface area contributed by atoms with E-state index in [0.29, 0.717) is 25.3 Å². The Bertz CT molecular complexity index is 737. The van der Waals surface area contributed by atoms with Crippen molar-refractivity contribution in [1.29, 1.82) is 0 Å². The maximum atomic E-state index is 12.8. The average Bonchev–Trinajstić information content (AvgIpc) is 2.60. The molecule has 0 unspecified atom stereocenters. The van der Waals surface area contributed by atoms with E-state index in [1.54, 1.807) is 0 Å². The van der Waals surface area contributed by atoms with Crippen LogP contribution in [0.3, 0.4) is 0 Å². The number of anilines is 1. The lowest BCUT2D eigenvalue weighted by atomic mass is 10.1. The van der Waals surface area contributed by atoms with Crippen molar-refractivity contribution in [2.24, 2.45) is 5.92 Å². The Kier molecular flexibility index (Phi) is 7.59. The highest BCUT2D eigenvalue weighted by Crippen LogP contribution is 2.21. The molecule has 0 aliphatic carbocycles. The number of amides is 2. The van der Waals surface area contributed by atoms with Crippen molar-refractivity contribution in [3.8, 4) is 0 Å². The van der Waals surface area contributed by atoms with Crippen molar-refractivity contribution >= 4 is 17.5 Å². The summed E-state index contributed by atoms with van der Waals surface area (Å²) in [6.45, 7) is 8.54. The van der Waals surface area contributed by atoms with Crippen LogP contribution in [0.1, 0.15) is 45.2 Å². The molecule has 0 atom stereocenters. The normalized spacial score (nSPS) is 10.9. The van der Waals surface area contributed by atoms with Gasteiger partial charge in [0.25, 0.3) is 0 Å². The molecule has 2 amide bonds. The SMILES string of the molecule is CC(C)CC(=O)N(Cc1ccccc1)c1ccc(CC(=O)NC(C)C)cc1. The van der Waals surface area contributed by atoms with E-state index < -0.39 is 0 Å². The van der Waals surface area contributed by atoms with Gasteiger partial charge in [-0.2, -0.15) is 0 Å². The number of nitrogens with one attached hydrogen (secondary N) is 1. The molecule has 2 aromatic carbocycles. The summed E-state index contributed by atoms with van der Waals surface area (Å²) in [5, 5.41) is 2.90. The summed E-state index contributed by atoms with van der Waals surface area (Å²) in [5.74, 6) is 0.420. The van der Waals surface area contributed by atoms with E-state index in [1.807, 2.05) is 73.3 Å². The highest BCUT2D eigenvalue weighted by atomic mass is 16.2. The quantitative estimate of drug-likeness (QED) is 0.756. The van der Waals surface area contributed by atoms with Crippen molar-refractivity contribution in [3.63, 3.8) is 0 Å². The molecular weight excluding hydrogens is 336 g/mol. The third kappa shape index (κ3) is 6.89. The summed E-state index contributed by atoms with van der Waals surface area (Å²) in [6, 6.07) is 17.8. The van der Waals surface area contributed by atoms with Gasteiger partial charge in [0, 0.05) is 18.2 Å². The third-order valence-corrected chi connectivity index (χ3v) is 4.13. The first-order valence-corrected chi connectivity index (χ1v) is 9.57. The van der Waals surface area contributed by atoms with Gasteiger partial charge >= 0.3 is 0 Å². The predicted molar refractivity (Wildman–Crippen MR) is 111 cm³/mol. The van der Waals surface area contributed by atoms with Gasteiger partial charge in [0.2, 0.25) is 11.8 Å². The fourth-order valence-corrected chi connectivity index (χ4v) is 2.90. The molecule has 144 valence electrons. The lowest BCUT2D eigenvalue weighted by Crippen LogP contribution is -2.32. The Morgan fingerprint density at radius 1 is 0.889 bits per heavy atom. The Morgan fingerprint density at radius 2 is 1.52 bits per heavy atom. The first-order valence-electron chi connectivity index (χ1n) is 9.57. The minimum absolute atomic E-state index is 0.00905. The van der Waals surface area contributed by atoms with Crippen LogP contribution in [-0.2, 0) is 22.6 Å². The fourth-order valence-electron chi connectivity index (χ4n) is 2.90. The number of rotatable bonds is 8. The van der Waals surface area contributed by atoms with E-state index in [2.05, 4.69) is 19.2 Å². The van der Waals surface area contributed by atoms with Crippen molar-refractivity contribution < 1.29 is 9.59 Å². The Balaban J connectivity index is 2.16. The van der Waals surface area contributed by atoms with Gasteiger partial charge < -0.3 is 10.2 Å². The molecule has 2 rings (SSSR count). The highest BCUT2D eigenvalue weighted by molar-refractivity contribution is 5.93. The maximum Gasteiger partial charge on any atom is 0.227 e. The molecule has 0 aliphatic rings. The standard InChI is InChI=1S/C23H30N2O2/c1-17(2)14-23(27)25(16-20-8-6-5-7-9-20)21-12-10-19(11-13-21)15-22(26)24-18(3)4/h5-13,17-18H,14-16H2,1-4H3,(H,24,26). The molecule has 0 saturated carbocycles. The van der Waals surface area contributed by atoms with Crippen molar-refractivity contribution in [2.45, 2.75) is 53.1 Å². The largest absolute Gasteiger partial charge is 0.354 e. The minimum Gasteiger partial charge on any atom is -0.354 e. The summed E-state index contributed by atoms with van der Waals surface area (Å²) >= 11 is 0. The predicted octanol–water partition coefficient (Wildman–Crippen LogP) is 4.33. The molecule has 0 spiro atoms. The van der Waals surface area contributed by atoms with Gasteiger partial charge in [-0.15, -0.1) is 0 Å². The van der Waals surface area contributed by atoms with Crippen LogP contribution < -0.4 is 10.2 Å². The highest BCUT2D eigenvalue weighted by Gasteiger charge is 2.17. The van der Waals surface area contributed by atoms with E-state index in [1.165, 1.54) is 0 Å². The molecular formula is C23H30N2O2. The maximum absolute atomic E-state index is 12.8. The first kappa shape index (κ1) is 20.7. The summed E-state index contributed by atoms with van der Waals surface area (Å²) in [4.78, 5) is 26.6. The lowest BCUT2D eigenvalue weighted by molar-refractivity contribution is -0.121. The second-order valence-corrected chi connectivity index (χ2v) is 7.63. The summed E-state index contributed by atoms with van der Waals surface area (Å²) in [6.07, 6.45) is 0.850. The number of nitrogens with zero attached hydrogens (tertiary/aromatic N) is 1. The monoisotopic (exact) mass is 366 g/mol. The molecule has 0 aromatic heterocycles. The second-order valence-electron chi connectivity index (χ2n) is 7.63. The van der Waals surface area contributed by atoms with E-state index in [9.17, 15) is 9.59 Å². The molecule has 0 saturated heterocycles. The molecule has 0 aliphatic heterocycles. The van der Waals surface area contributed by atoms with Crippen molar-refractivity contribution in [3.05, 3.63) is 65.7 Å². The van der Waals surface area contributed by atoms with Crippen LogP contribution in [0.2, 0.25) is 0 Å². The van der Waals surface area contributed by atoms with Crippen LogP contribution in [0.25, 0.3) is 0 Å². The van der Waals surface area contributed by atoms with Crippen molar-refractivity contribution in [1.82, 2.24) is 5.32 Å². The zero-order chi connectivity index (χ0) is 19.8. The number of hydrogen-bond donors (Lipinski definition) is 1. The van der Waals surface area contributed by atoms with E-state index >= 15 is 0 Å². The van der Waals surface area contributed by atoms with Crippen molar-refractivity contribution in [2.75, 3.05) is 4.90 Å².